The van der Waals surface area contributed by atoms with Gasteiger partial charge < -0.3 is 4.39 Å². The van der Waals surface area contributed by atoms with Crippen LogP contribution in [0.4, 0.5) is 4.39 Å². The van der Waals surface area contributed by atoms with E-state index >= 15 is 0 Å². The van der Waals surface area contributed by atoms with Crippen LogP contribution < -0.4 is 29.6 Å². The molecular formula is C2H4FNaO3S. The van der Waals surface area contributed by atoms with Crippen molar-refractivity contribution in [3.8, 4) is 0 Å². The summed E-state index contributed by atoms with van der Waals surface area (Å²) in [4.78, 5) is 0. The molecule has 3 nitrogen and oxygen atoms in total. The van der Waals surface area contributed by atoms with Crippen molar-refractivity contribution in [1.82, 2.24) is 0 Å². The summed E-state index contributed by atoms with van der Waals surface area (Å²) >= 11 is 0. The maximum Gasteiger partial charge on any atom is 1.00 e. The van der Waals surface area contributed by atoms with E-state index in [1.807, 2.05) is 0 Å². The number of rotatable bonds is 2. The first-order chi connectivity index (χ1) is 3.06. The van der Waals surface area contributed by atoms with Crippen LogP contribution >= 0.6 is 0 Å². The summed E-state index contributed by atoms with van der Waals surface area (Å²) in [5.41, 5.74) is 0. The van der Waals surface area contributed by atoms with Crippen LogP contribution in [0.15, 0.2) is 0 Å². The van der Waals surface area contributed by atoms with Gasteiger partial charge in [0.25, 0.3) is 0 Å². The molecule has 0 fully saturated rings. The molecule has 0 spiro atoms. The van der Waals surface area contributed by atoms with Crippen LogP contribution in [-0.4, -0.2) is 18.7 Å². The molecule has 8 heavy (non-hydrogen) atoms. The molecule has 6 heteroatoms. The Morgan fingerprint density at radius 2 is 2.00 bits per heavy atom. The van der Waals surface area contributed by atoms with E-state index in [-0.39, 0.29) is 36.2 Å². The summed E-state index contributed by atoms with van der Waals surface area (Å²) in [6, 6.07) is 0. The zero-order valence-electron chi connectivity index (χ0n) is 4.33. The van der Waals surface area contributed by atoms with E-state index in [1.165, 1.54) is 0 Å². The molecule has 0 bridgehead atoms. The van der Waals surface area contributed by atoms with Gasteiger partial charge in [-0.25, -0.2) is 8.42 Å². The minimum absolute atomic E-state index is 0. The van der Waals surface area contributed by atoms with Gasteiger partial charge >= 0.3 is 29.6 Å². The summed E-state index contributed by atoms with van der Waals surface area (Å²) in [5.74, 6) is -0.924. The third-order valence-electron chi connectivity index (χ3n) is 0.274. The van der Waals surface area contributed by atoms with Crippen molar-refractivity contribution < 1.29 is 46.9 Å². The predicted octanol–water partition coefficient (Wildman–Crippen LogP) is -2.99. The summed E-state index contributed by atoms with van der Waals surface area (Å²) in [6.07, 6.45) is 0. The third kappa shape index (κ3) is 9.96. The Balaban J connectivity index is 0. The van der Waals surface area contributed by atoms with Gasteiger partial charge in [0.2, 0.25) is 10.1 Å². The van der Waals surface area contributed by atoms with Crippen molar-refractivity contribution in [3.63, 3.8) is 0 Å². The molecule has 0 aliphatic heterocycles. The second-order valence-electron chi connectivity index (χ2n) is 0.903. The Hall–Kier alpha value is 0.840. The van der Waals surface area contributed by atoms with Crippen molar-refractivity contribution in [2.75, 3.05) is 5.75 Å². The molecular weight excluding hydrogens is 146 g/mol. The van der Waals surface area contributed by atoms with Crippen molar-refractivity contribution >= 4 is 10.1 Å². The quantitative estimate of drug-likeness (QED) is 0.259. The largest absolute Gasteiger partial charge is 1.00 e. The summed E-state index contributed by atoms with van der Waals surface area (Å²) < 4.78 is 37.6. The predicted molar refractivity (Wildman–Crippen MR) is 21.8 cm³/mol. The fraction of sp³-hybridized carbons (Fsp3) is 0.500. The first kappa shape index (κ1) is 11.6. The minimum atomic E-state index is -4.10. The molecule has 0 aromatic rings. The number of hydrogen-bond acceptors (Lipinski definition) is 2. The van der Waals surface area contributed by atoms with E-state index in [0.717, 1.165) is 0 Å². The van der Waals surface area contributed by atoms with Gasteiger partial charge in [-0.3, -0.25) is 4.55 Å². The van der Waals surface area contributed by atoms with Crippen LogP contribution in [0.5, 0.6) is 0 Å². The van der Waals surface area contributed by atoms with Gasteiger partial charge in [-0.05, 0) is 5.75 Å². The van der Waals surface area contributed by atoms with E-state index in [9.17, 15) is 12.8 Å². The molecule has 0 radical (unpaired) electrons. The van der Waals surface area contributed by atoms with Crippen molar-refractivity contribution in [2.24, 2.45) is 0 Å². The van der Waals surface area contributed by atoms with Gasteiger partial charge in [-0.15, -0.1) is 0 Å². The Bertz CT molecular complexity index is 130. The molecule has 0 atom stereocenters. The summed E-state index contributed by atoms with van der Waals surface area (Å²) in [6.45, 7) is -0.130. The standard InChI is InChI=1S/C2H4FO3S.Na/c3-1-2-7(4,5)6;/h1H,2H2,(H,4,5,6);/q-1;+1. The summed E-state index contributed by atoms with van der Waals surface area (Å²) in [7, 11) is -4.10. The molecule has 0 unspecified atom stereocenters. The third-order valence-corrected chi connectivity index (χ3v) is 0.821. The van der Waals surface area contributed by atoms with Crippen LogP contribution in [0.2, 0.25) is 0 Å². The van der Waals surface area contributed by atoms with Gasteiger partial charge in [0.05, 0.1) is 0 Å². The van der Waals surface area contributed by atoms with Crippen LogP contribution in [0.25, 0.3) is 0 Å². The molecule has 0 heterocycles. The number of halogens is 1. The van der Waals surface area contributed by atoms with E-state index in [4.69, 9.17) is 4.55 Å². The normalized spacial score (nSPS) is 10.2. The molecule has 0 saturated carbocycles. The average Bonchev–Trinajstić information content (AvgIpc) is 1.30. The molecule has 0 amide bonds. The van der Waals surface area contributed by atoms with E-state index in [1.54, 1.807) is 0 Å². The van der Waals surface area contributed by atoms with Gasteiger partial charge in [-0.1, -0.05) is 0 Å². The maximum absolute atomic E-state index is 10.8. The summed E-state index contributed by atoms with van der Waals surface area (Å²) in [5, 5.41) is 0. The maximum atomic E-state index is 10.8. The zero-order chi connectivity index (χ0) is 5.91. The van der Waals surface area contributed by atoms with E-state index < -0.39 is 15.9 Å². The average molecular weight is 150 g/mol. The van der Waals surface area contributed by atoms with Gasteiger partial charge in [0, 0.05) is 0 Å². The Morgan fingerprint density at radius 1 is 1.62 bits per heavy atom. The monoisotopic (exact) mass is 150 g/mol. The molecule has 0 aliphatic rings. The van der Waals surface area contributed by atoms with Crippen LogP contribution in [0.3, 0.4) is 0 Å². The second kappa shape index (κ2) is 4.69. The molecule has 1 N–H and O–H groups in total. The SMILES string of the molecule is O=S(=O)(O)C[CH-]F.[Na+]. The first-order valence-corrected chi connectivity index (χ1v) is 3.04. The van der Waals surface area contributed by atoms with Gasteiger partial charge in [0.15, 0.2) is 0 Å². The molecule has 0 aromatic heterocycles. The first-order valence-electron chi connectivity index (χ1n) is 1.43. The minimum Gasteiger partial charge on any atom is -0.458 e. The molecule has 0 aromatic carbocycles. The number of hydrogen-bond donors (Lipinski definition) is 1. The molecule has 0 saturated heterocycles. The van der Waals surface area contributed by atoms with E-state index in [0.29, 0.717) is 0 Å². The van der Waals surface area contributed by atoms with Crippen LogP contribution in [0, 0.1) is 6.67 Å². The van der Waals surface area contributed by atoms with E-state index in [2.05, 4.69) is 0 Å². The second-order valence-corrected chi connectivity index (χ2v) is 2.40. The van der Waals surface area contributed by atoms with Crippen LogP contribution in [0.1, 0.15) is 0 Å². The molecule has 44 valence electrons. The van der Waals surface area contributed by atoms with Crippen molar-refractivity contribution in [1.29, 1.82) is 0 Å². The smallest absolute Gasteiger partial charge is 0.458 e. The molecule has 0 rings (SSSR count). The van der Waals surface area contributed by atoms with Crippen LogP contribution in [-0.2, 0) is 10.1 Å². The fourth-order valence-electron chi connectivity index (χ4n) is 0.0796. The van der Waals surface area contributed by atoms with Gasteiger partial charge in [-0.2, -0.15) is 6.67 Å². The topological polar surface area (TPSA) is 54.4 Å². The Labute approximate surface area is 69.3 Å². The van der Waals surface area contributed by atoms with Crippen molar-refractivity contribution in [3.05, 3.63) is 6.67 Å². The van der Waals surface area contributed by atoms with Crippen molar-refractivity contribution in [2.45, 2.75) is 0 Å². The van der Waals surface area contributed by atoms with Gasteiger partial charge in [0.1, 0.15) is 0 Å². The molecule has 0 aliphatic carbocycles. The zero-order valence-corrected chi connectivity index (χ0v) is 7.15. The fourth-order valence-corrected chi connectivity index (χ4v) is 0.239. The Morgan fingerprint density at radius 3 is 2.00 bits per heavy atom. The Kier molecular flexibility index (Phi) is 6.81.